The zero-order valence-electron chi connectivity index (χ0n) is 13.0. The molecule has 0 bridgehead atoms. The van der Waals surface area contributed by atoms with Crippen molar-refractivity contribution in [2.45, 2.75) is 46.7 Å². The van der Waals surface area contributed by atoms with Crippen molar-refractivity contribution in [2.75, 3.05) is 18.5 Å². The van der Waals surface area contributed by atoms with E-state index in [0.717, 1.165) is 18.4 Å². The molecule has 2 rings (SSSR count). The van der Waals surface area contributed by atoms with E-state index in [-0.39, 0.29) is 0 Å². The lowest BCUT2D eigenvalue weighted by atomic mass is 9.85. The Hall–Kier alpha value is -1.02. The molecule has 1 saturated heterocycles. The van der Waals surface area contributed by atoms with Gasteiger partial charge in [-0.3, -0.25) is 0 Å². The Balaban J connectivity index is 2.33. The van der Waals surface area contributed by atoms with Crippen molar-refractivity contribution < 1.29 is 0 Å². The fourth-order valence-corrected chi connectivity index (χ4v) is 3.36. The van der Waals surface area contributed by atoms with Crippen LogP contribution in [0.15, 0.2) is 18.2 Å². The first kappa shape index (κ1) is 14.4. The van der Waals surface area contributed by atoms with E-state index in [1.54, 1.807) is 0 Å². The van der Waals surface area contributed by atoms with Crippen LogP contribution in [0.1, 0.15) is 38.3 Å². The summed E-state index contributed by atoms with van der Waals surface area (Å²) in [6.45, 7) is 11.4. The normalized spacial score (nSPS) is 27.6. The van der Waals surface area contributed by atoms with Gasteiger partial charge in [0.25, 0.3) is 0 Å². The number of hydrogen-bond acceptors (Lipinski definition) is 2. The second-order valence-electron chi connectivity index (χ2n) is 6.37. The molecule has 19 heavy (non-hydrogen) atoms. The Morgan fingerprint density at radius 2 is 2.00 bits per heavy atom. The SMILES string of the molecule is CNCc1cc(C)ccc1N1CC(C)CC(C)C1C. The summed E-state index contributed by atoms with van der Waals surface area (Å²) in [5, 5.41) is 3.30. The first-order valence-corrected chi connectivity index (χ1v) is 7.53. The summed E-state index contributed by atoms with van der Waals surface area (Å²) in [4.78, 5) is 2.62. The van der Waals surface area contributed by atoms with E-state index in [2.05, 4.69) is 56.1 Å². The van der Waals surface area contributed by atoms with Crippen LogP contribution < -0.4 is 10.2 Å². The van der Waals surface area contributed by atoms with Crippen molar-refractivity contribution in [3.8, 4) is 0 Å². The van der Waals surface area contributed by atoms with Crippen molar-refractivity contribution in [3.05, 3.63) is 29.3 Å². The summed E-state index contributed by atoms with van der Waals surface area (Å²) in [6.07, 6.45) is 1.35. The van der Waals surface area contributed by atoms with Crippen molar-refractivity contribution in [1.29, 1.82) is 0 Å². The van der Waals surface area contributed by atoms with E-state index in [0.29, 0.717) is 6.04 Å². The van der Waals surface area contributed by atoms with Crippen LogP contribution in [0.3, 0.4) is 0 Å². The standard InChI is InChI=1S/C17H28N2/c1-12-6-7-17(16(9-12)10-18-5)19-11-13(2)8-14(3)15(19)4/h6-7,9,13-15,18H,8,10-11H2,1-5H3. The van der Waals surface area contributed by atoms with Crippen LogP contribution in [0.25, 0.3) is 0 Å². The molecule has 106 valence electrons. The van der Waals surface area contributed by atoms with E-state index >= 15 is 0 Å². The van der Waals surface area contributed by atoms with Gasteiger partial charge in [0, 0.05) is 24.8 Å². The molecule has 2 nitrogen and oxygen atoms in total. The number of nitrogens with one attached hydrogen (secondary N) is 1. The average Bonchev–Trinajstić information content (AvgIpc) is 2.35. The van der Waals surface area contributed by atoms with Crippen molar-refractivity contribution >= 4 is 5.69 Å². The summed E-state index contributed by atoms with van der Waals surface area (Å²) in [5.74, 6) is 1.56. The van der Waals surface area contributed by atoms with Crippen LogP contribution in [0.4, 0.5) is 5.69 Å². The molecular weight excluding hydrogens is 232 g/mol. The maximum atomic E-state index is 3.30. The molecule has 1 aromatic carbocycles. The zero-order valence-corrected chi connectivity index (χ0v) is 13.0. The predicted molar refractivity (Wildman–Crippen MR) is 83.7 cm³/mol. The van der Waals surface area contributed by atoms with Crippen LogP contribution in [0.2, 0.25) is 0 Å². The van der Waals surface area contributed by atoms with Gasteiger partial charge in [-0.2, -0.15) is 0 Å². The number of rotatable bonds is 3. The third kappa shape index (κ3) is 3.11. The summed E-state index contributed by atoms with van der Waals surface area (Å²) >= 11 is 0. The average molecular weight is 260 g/mol. The molecule has 2 heteroatoms. The molecule has 3 atom stereocenters. The van der Waals surface area contributed by atoms with Gasteiger partial charge >= 0.3 is 0 Å². The van der Waals surface area contributed by atoms with Crippen molar-refractivity contribution in [2.24, 2.45) is 11.8 Å². The molecule has 1 fully saturated rings. The smallest absolute Gasteiger partial charge is 0.0414 e. The topological polar surface area (TPSA) is 15.3 Å². The molecule has 1 aromatic rings. The molecule has 1 aliphatic heterocycles. The van der Waals surface area contributed by atoms with Gasteiger partial charge < -0.3 is 10.2 Å². The molecule has 0 amide bonds. The van der Waals surface area contributed by atoms with Crippen LogP contribution >= 0.6 is 0 Å². The van der Waals surface area contributed by atoms with Crippen LogP contribution in [-0.2, 0) is 6.54 Å². The lowest BCUT2D eigenvalue weighted by molar-refractivity contribution is 0.296. The highest BCUT2D eigenvalue weighted by molar-refractivity contribution is 5.56. The maximum Gasteiger partial charge on any atom is 0.0414 e. The molecular formula is C17H28N2. The fourth-order valence-electron chi connectivity index (χ4n) is 3.36. The number of anilines is 1. The quantitative estimate of drug-likeness (QED) is 0.893. The minimum Gasteiger partial charge on any atom is -0.368 e. The molecule has 0 spiro atoms. The second kappa shape index (κ2) is 5.96. The monoisotopic (exact) mass is 260 g/mol. The predicted octanol–water partition coefficient (Wildman–Crippen LogP) is 3.59. The lowest BCUT2D eigenvalue weighted by Gasteiger charge is -2.43. The van der Waals surface area contributed by atoms with Gasteiger partial charge in [0.2, 0.25) is 0 Å². The molecule has 1 N–H and O–H groups in total. The number of piperidine rings is 1. The summed E-state index contributed by atoms with van der Waals surface area (Å²) in [5.41, 5.74) is 4.20. The highest BCUT2D eigenvalue weighted by Crippen LogP contribution is 2.33. The van der Waals surface area contributed by atoms with E-state index in [9.17, 15) is 0 Å². The largest absolute Gasteiger partial charge is 0.368 e. The van der Waals surface area contributed by atoms with Crippen molar-refractivity contribution in [3.63, 3.8) is 0 Å². The third-order valence-corrected chi connectivity index (χ3v) is 4.51. The Bertz CT molecular complexity index is 427. The first-order chi connectivity index (χ1) is 9.02. The van der Waals surface area contributed by atoms with Gasteiger partial charge in [0.05, 0.1) is 0 Å². The first-order valence-electron chi connectivity index (χ1n) is 7.53. The van der Waals surface area contributed by atoms with E-state index in [1.165, 1.54) is 29.8 Å². The highest BCUT2D eigenvalue weighted by atomic mass is 15.2. The van der Waals surface area contributed by atoms with Crippen molar-refractivity contribution in [1.82, 2.24) is 5.32 Å². The number of hydrogen-bond donors (Lipinski definition) is 1. The Morgan fingerprint density at radius 3 is 2.68 bits per heavy atom. The van der Waals surface area contributed by atoms with Crippen LogP contribution in [0, 0.1) is 18.8 Å². The second-order valence-corrected chi connectivity index (χ2v) is 6.37. The van der Waals surface area contributed by atoms with E-state index in [1.807, 2.05) is 7.05 Å². The maximum absolute atomic E-state index is 3.30. The Labute approximate surface area is 118 Å². The zero-order chi connectivity index (χ0) is 14.0. The Morgan fingerprint density at radius 1 is 1.26 bits per heavy atom. The van der Waals surface area contributed by atoms with Gasteiger partial charge in [-0.05, 0) is 50.8 Å². The summed E-state index contributed by atoms with van der Waals surface area (Å²) in [7, 11) is 2.02. The molecule has 0 aromatic heterocycles. The third-order valence-electron chi connectivity index (χ3n) is 4.51. The molecule has 1 heterocycles. The molecule has 0 aliphatic carbocycles. The number of benzene rings is 1. The van der Waals surface area contributed by atoms with E-state index < -0.39 is 0 Å². The highest BCUT2D eigenvalue weighted by Gasteiger charge is 2.29. The molecule has 1 aliphatic rings. The number of nitrogens with zero attached hydrogens (tertiary/aromatic N) is 1. The minimum atomic E-state index is 0.634. The van der Waals surface area contributed by atoms with Gasteiger partial charge in [-0.25, -0.2) is 0 Å². The summed E-state index contributed by atoms with van der Waals surface area (Å²) < 4.78 is 0. The van der Waals surface area contributed by atoms with E-state index in [4.69, 9.17) is 0 Å². The molecule has 0 saturated carbocycles. The van der Waals surface area contributed by atoms with Gasteiger partial charge in [-0.1, -0.05) is 31.5 Å². The lowest BCUT2D eigenvalue weighted by Crippen LogP contribution is -2.46. The van der Waals surface area contributed by atoms with Gasteiger partial charge in [0.15, 0.2) is 0 Å². The fraction of sp³-hybridized carbons (Fsp3) is 0.647. The van der Waals surface area contributed by atoms with Crippen LogP contribution in [-0.4, -0.2) is 19.6 Å². The molecule has 0 radical (unpaired) electrons. The van der Waals surface area contributed by atoms with Crippen LogP contribution in [0.5, 0.6) is 0 Å². The minimum absolute atomic E-state index is 0.634. The molecule has 3 unspecified atom stereocenters. The van der Waals surface area contributed by atoms with Gasteiger partial charge in [0.1, 0.15) is 0 Å². The Kier molecular flexibility index (Phi) is 4.51. The summed E-state index contributed by atoms with van der Waals surface area (Å²) in [6, 6.07) is 7.51. The van der Waals surface area contributed by atoms with Gasteiger partial charge in [-0.15, -0.1) is 0 Å². The number of aryl methyl sites for hydroxylation is 1.